The highest BCUT2D eigenvalue weighted by Gasteiger charge is 2.30. The molecule has 10 heteroatoms. The van der Waals surface area contributed by atoms with E-state index in [1.807, 2.05) is 12.1 Å². The number of alkyl halides is 3. The second-order valence-corrected chi connectivity index (χ2v) is 10.7. The summed E-state index contributed by atoms with van der Waals surface area (Å²) in [6.07, 6.45) is -0.128. The van der Waals surface area contributed by atoms with Crippen LogP contribution in [0.5, 0.6) is 5.75 Å². The summed E-state index contributed by atoms with van der Waals surface area (Å²) in [4.78, 5) is 2.53. The van der Waals surface area contributed by atoms with Crippen LogP contribution in [-0.4, -0.2) is 67.7 Å². The molecule has 1 saturated carbocycles. The number of hydrogen-bond donors (Lipinski definition) is 2. The minimum absolute atomic E-state index is 0.225. The fraction of sp³-hybridized carbons (Fsp3) is 0.467. The second kappa shape index (κ2) is 12.6. The van der Waals surface area contributed by atoms with Gasteiger partial charge >= 0.3 is 6.18 Å². The molecule has 2 heterocycles. The fourth-order valence-corrected chi connectivity index (χ4v) is 5.86. The molecule has 1 aromatic heterocycles. The van der Waals surface area contributed by atoms with Gasteiger partial charge in [-0.15, -0.1) is 0 Å². The summed E-state index contributed by atoms with van der Waals surface area (Å²) >= 11 is 6.02. The number of halogens is 4. The first-order valence-electron chi connectivity index (χ1n) is 13.6. The van der Waals surface area contributed by atoms with E-state index in [0.717, 1.165) is 63.1 Å². The number of anilines is 2. The van der Waals surface area contributed by atoms with E-state index in [2.05, 4.69) is 27.4 Å². The van der Waals surface area contributed by atoms with Crippen molar-refractivity contribution in [2.24, 2.45) is 0 Å². The lowest BCUT2D eigenvalue weighted by Gasteiger charge is -2.39. The third kappa shape index (κ3) is 6.98. The van der Waals surface area contributed by atoms with Crippen molar-refractivity contribution >= 4 is 33.9 Å². The summed E-state index contributed by atoms with van der Waals surface area (Å²) in [5, 5.41) is 8.07. The summed E-state index contributed by atoms with van der Waals surface area (Å²) in [7, 11) is 1.54. The van der Waals surface area contributed by atoms with Crippen LogP contribution in [0, 0.1) is 11.8 Å². The van der Waals surface area contributed by atoms with Gasteiger partial charge in [-0.3, -0.25) is 4.90 Å². The Labute approximate surface area is 237 Å². The zero-order chi connectivity index (χ0) is 28.1. The van der Waals surface area contributed by atoms with Gasteiger partial charge in [0.25, 0.3) is 0 Å². The van der Waals surface area contributed by atoms with E-state index in [1.165, 1.54) is 4.57 Å². The highest BCUT2D eigenvalue weighted by atomic mass is 35.5. The molecule has 0 atom stereocenters. The van der Waals surface area contributed by atoms with Crippen LogP contribution >= 0.6 is 11.6 Å². The van der Waals surface area contributed by atoms with Crippen molar-refractivity contribution in [1.82, 2.24) is 9.47 Å². The number of aromatic nitrogens is 1. The van der Waals surface area contributed by atoms with Crippen LogP contribution in [0.1, 0.15) is 31.4 Å². The molecular formula is C30H34ClF3N4O2. The van der Waals surface area contributed by atoms with Gasteiger partial charge in [-0.05, 0) is 61.9 Å². The van der Waals surface area contributed by atoms with Crippen LogP contribution in [0.2, 0.25) is 5.02 Å². The van der Waals surface area contributed by atoms with Gasteiger partial charge in [-0.1, -0.05) is 23.6 Å². The average molecular weight is 575 g/mol. The summed E-state index contributed by atoms with van der Waals surface area (Å²) < 4.78 is 52.8. The molecule has 1 aliphatic heterocycles. The first-order chi connectivity index (χ1) is 19.3. The first-order valence-corrected chi connectivity index (χ1v) is 14.0. The lowest BCUT2D eigenvalue weighted by Crippen LogP contribution is -2.46. The summed E-state index contributed by atoms with van der Waals surface area (Å²) in [6, 6.07) is 13.3. The molecule has 0 amide bonds. The molecule has 3 aromatic rings. The van der Waals surface area contributed by atoms with E-state index in [9.17, 15) is 13.2 Å². The average Bonchev–Trinajstić information content (AvgIpc) is 3.29. The fourth-order valence-electron chi connectivity index (χ4n) is 5.70. The number of methoxy groups -OCH3 is 1. The Bertz CT molecular complexity index is 1370. The van der Waals surface area contributed by atoms with Gasteiger partial charge in [0.2, 0.25) is 0 Å². The van der Waals surface area contributed by atoms with Crippen LogP contribution in [0.4, 0.5) is 24.5 Å². The molecule has 6 nitrogen and oxygen atoms in total. The lowest BCUT2D eigenvalue weighted by molar-refractivity contribution is -0.140. The van der Waals surface area contributed by atoms with Gasteiger partial charge in [-0.25, -0.2) is 0 Å². The Morgan fingerprint density at radius 2 is 1.82 bits per heavy atom. The van der Waals surface area contributed by atoms with Gasteiger partial charge in [0.1, 0.15) is 12.3 Å². The summed E-state index contributed by atoms with van der Waals surface area (Å²) in [6.45, 7) is 2.69. The van der Waals surface area contributed by atoms with Crippen LogP contribution in [0.15, 0.2) is 42.5 Å². The maximum atomic E-state index is 13.6. The van der Waals surface area contributed by atoms with Gasteiger partial charge in [0.15, 0.2) is 0 Å². The Morgan fingerprint density at radius 1 is 1.05 bits per heavy atom. The molecule has 214 valence electrons. The van der Waals surface area contributed by atoms with Crippen LogP contribution in [0.25, 0.3) is 10.9 Å². The lowest BCUT2D eigenvalue weighted by atomic mass is 9.89. The van der Waals surface area contributed by atoms with Crippen molar-refractivity contribution in [3.8, 4) is 17.6 Å². The minimum Gasteiger partial charge on any atom is -0.495 e. The first kappa shape index (κ1) is 28.5. The van der Waals surface area contributed by atoms with E-state index in [1.54, 1.807) is 37.4 Å². The standard InChI is InChI=1S/C30H34ClF3N4O2/c1-39-29-18-21(31)7-12-27(29)35-13-3-4-24-19-25-26(5-2-6-28(25)38(24)20-30(32,33)34)36-22-8-10-23(11-9-22)37-14-16-40-17-15-37/h2,5-7,12,18-19,22-23,35-36H,8-11,13-17,20H2,1H3. The largest absolute Gasteiger partial charge is 0.495 e. The molecule has 0 bridgehead atoms. The number of morpholine rings is 1. The molecule has 2 fully saturated rings. The van der Waals surface area contributed by atoms with E-state index >= 15 is 0 Å². The maximum absolute atomic E-state index is 13.6. The minimum atomic E-state index is -4.38. The van der Waals surface area contributed by atoms with Crippen LogP contribution in [-0.2, 0) is 11.3 Å². The third-order valence-corrected chi connectivity index (χ3v) is 7.88. The van der Waals surface area contributed by atoms with Crippen molar-refractivity contribution in [2.45, 2.75) is 50.5 Å². The number of fused-ring (bicyclic) bond motifs is 1. The highest BCUT2D eigenvalue weighted by Crippen LogP contribution is 2.33. The van der Waals surface area contributed by atoms with Crippen molar-refractivity contribution in [3.63, 3.8) is 0 Å². The molecule has 2 aromatic carbocycles. The molecule has 1 saturated heterocycles. The molecule has 40 heavy (non-hydrogen) atoms. The van der Waals surface area contributed by atoms with E-state index in [-0.39, 0.29) is 12.6 Å². The van der Waals surface area contributed by atoms with Crippen molar-refractivity contribution in [1.29, 1.82) is 0 Å². The predicted molar refractivity (Wildman–Crippen MR) is 153 cm³/mol. The van der Waals surface area contributed by atoms with Gasteiger partial charge in [0, 0.05) is 47.3 Å². The molecule has 5 rings (SSSR count). The van der Waals surface area contributed by atoms with Crippen molar-refractivity contribution in [3.05, 3.63) is 53.2 Å². The number of nitrogens with zero attached hydrogens (tertiary/aromatic N) is 2. The van der Waals surface area contributed by atoms with Gasteiger partial charge < -0.3 is 24.7 Å². The molecule has 1 aliphatic carbocycles. The summed E-state index contributed by atoms with van der Waals surface area (Å²) in [5.41, 5.74) is 2.38. The molecule has 0 unspecified atom stereocenters. The summed E-state index contributed by atoms with van der Waals surface area (Å²) in [5.74, 6) is 6.49. The van der Waals surface area contributed by atoms with Gasteiger partial charge in [-0.2, -0.15) is 13.2 Å². The third-order valence-electron chi connectivity index (χ3n) is 7.65. The molecule has 2 N–H and O–H groups in total. The smallest absolute Gasteiger partial charge is 0.406 e. The molecule has 0 radical (unpaired) electrons. The van der Waals surface area contributed by atoms with Gasteiger partial charge in [0.05, 0.1) is 43.8 Å². The van der Waals surface area contributed by atoms with E-state index < -0.39 is 12.7 Å². The molecular weight excluding hydrogens is 541 g/mol. The normalized spacial score (nSPS) is 20.1. The van der Waals surface area contributed by atoms with Crippen molar-refractivity contribution < 1.29 is 22.6 Å². The Morgan fingerprint density at radius 3 is 2.55 bits per heavy atom. The number of nitrogens with one attached hydrogen (secondary N) is 2. The van der Waals surface area contributed by atoms with Crippen LogP contribution in [0.3, 0.4) is 0 Å². The number of benzene rings is 2. The van der Waals surface area contributed by atoms with Crippen molar-refractivity contribution in [2.75, 3.05) is 50.6 Å². The molecule has 0 spiro atoms. The quantitative estimate of drug-likeness (QED) is 0.321. The zero-order valence-electron chi connectivity index (χ0n) is 22.5. The molecule has 2 aliphatic rings. The monoisotopic (exact) mass is 574 g/mol. The maximum Gasteiger partial charge on any atom is 0.406 e. The Balaban J connectivity index is 1.32. The number of ether oxygens (including phenoxy) is 2. The second-order valence-electron chi connectivity index (χ2n) is 10.3. The van der Waals surface area contributed by atoms with Crippen LogP contribution < -0.4 is 15.4 Å². The van der Waals surface area contributed by atoms with E-state index in [0.29, 0.717) is 33.7 Å². The highest BCUT2D eigenvalue weighted by molar-refractivity contribution is 6.30. The van der Waals surface area contributed by atoms with E-state index in [4.69, 9.17) is 21.1 Å². The Hall–Kier alpha value is -3.06. The SMILES string of the molecule is COc1cc(Cl)ccc1NCC#Cc1cc2c(NC3CCC(N4CCOCC4)CC3)cccc2n1CC(F)(F)F. The number of hydrogen-bond acceptors (Lipinski definition) is 5. The predicted octanol–water partition coefficient (Wildman–Crippen LogP) is 6.38. The number of rotatable bonds is 7. The zero-order valence-corrected chi connectivity index (χ0v) is 23.2. The Kier molecular flexibility index (Phi) is 8.99. The topological polar surface area (TPSA) is 50.7 Å².